The van der Waals surface area contributed by atoms with Gasteiger partial charge < -0.3 is 0 Å². The van der Waals surface area contributed by atoms with Gasteiger partial charge in [-0.3, -0.25) is 9.59 Å². The minimum Gasteiger partial charge on any atom is -0.300 e. The zero-order valence-electron chi connectivity index (χ0n) is 15.3. The van der Waals surface area contributed by atoms with Gasteiger partial charge in [0.25, 0.3) is 0 Å². The molecule has 130 valence electrons. The van der Waals surface area contributed by atoms with Gasteiger partial charge in [-0.1, -0.05) is 76.0 Å². The highest BCUT2D eigenvalue weighted by molar-refractivity contribution is 8.77. The van der Waals surface area contributed by atoms with Crippen molar-refractivity contribution in [1.82, 2.24) is 0 Å². The number of Topliss-reactive ketones (excluding diaryl/α,β-unsaturated/α-hetero) is 2. The Labute approximate surface area is 145 Å². The molecule has 0 saturated carbocycles. The highest BCUT2D eigenvalue weighted by Gasteiger charge is 2.19. The van der Waals surface area contributed by atoms with E-state index in [2.05, 4.69) is 20.8 Å². The quantitative estimate of drug-likeness (QED) is 0.335. The average molecular weight is 347 g/mol. The SMILES string of the molecule is CC(C)(C)SSCCC(=O)CCCCCCC(=O)C(C)(C)C. The van der Waals surface area contributed by atoms with E-state index in [0.29, 0.717) is 30.8 Å². The van der Waals surface area contributed by atoms with E-state index in [1.54, 1.807) is 10.8 Å². The van der Waals surface area contributed by atoms with E-state index in [-0.39, 0.29) is 10.2 Å². The van der Waals surface area contributed by atoms with E-state index in [1.807, 2.05) is 31.6 Å². The lowest BCUT2D eigenvalue weighted by Gasteiger charge is -2.16. The Morgan fingerprint density at radius 2 is 1.32 bits per heavy atom. The molecule has 0 aliphatic carbocycles. The fourth-order valence-corrected chi connectivity index (χ4v) is 4.14. The number of hydrogen-bond acceptors (Lipinski definition) is 4. The molecule has 0 spiro atoms. The molecule has 0 fully saturated rings. The fourth-order valence-electron chi connectivity index (χ4n) is 1.84. The molecular weight excluding hydrogens is 312 g/mol. The number of rotatable bonds is 11. The van der Waals surface area contributed by atoms with Crippen LogP contribution in [0.4, 0.5) is 0 Å². The predicted molar refractivity (Wildman–Crippen MR) is 102 cm³/mol. The van der Waals surface area contributed by atoms with Crippen molar-refractivity contribution in [2.24, 2.45) is 5.41 Å². The summed E-state index contributed by atoms with van der Waals surface area (Å²) in [6.07, 6.45) is 6.13. The largest absolute Gasteiger partial charge is 0.300 e. The molecule has 4 heteroatoms. The first-order valence-electron chi connectivity index (χ1n) is 8.38. The van der Waals surface area contributed by atoms with E-state index in [9.17, 15) is 9.59 Å². The summed E-state index contributed by atoms with van der Waals surface area (Å²) in [5, 5.41) is 0. The van der Waals surface area contributed by atoms with Gasteiger partial charge in [0.2, 0.25) is 0 Å². The molecule has 0 heterocycles. The Hall–Kier alpha value is 0.0400. The summed E-state index contributed by atoms with van der Waals surface area (Å²) in [5.41, 5.74) is -0.210. The molecule has 0 atom stereocenters. The third kappa shape index (κ3) is 13.7. The van der Waals surface area contributed by atoms with Gasteiger partial charge in [-0.2, -0.15) is 0 Å². The molecule has 0 bridgehead atoms. The first-order valence-corrected chi connectivity index (χ1v) is 10.7. The van der Waals surface area contributed by atoms with E-state index >= 15 is 0 Å². The molecule has 0 N–H and O–H groups in total. The lowest BCUT2D eigenvalue weighted by molar-refractivity contribution is -0.126. The molecule has 22 heavy (non-hydrogen) atoms. The minimum atomic E-state index is -0.210. The maximum Gasteiger partial charge on any atom is 0.138 e. The second-order valence-electron chi connectivity index (χ2n) is 7.89. The van der Waals surface area contributed by atoms with Crippen LogP contribution < -0.4 is 0 Å². The third-order valence-corrected chi connectivity index (χ3v) is 6.56. The average Bonchev–Trinajstić information content (AvgIpc) is 2.36. The first-order chi connectivity index (χ1) is 10.0. The smallest absolute Gasteiger partial charge is 0.138 e. The van der Waals surface area contributed by atoms with Crippen molar-refractivity contribution in [3.05, 3.63) is 0 Å². The molecule has 0 amide bonds. The summed E-state index contributed by atoms with van der Waals surface area (Å²) in [6, 6.07) is 0. The predicted octanol–water partition coefficient (Wildman–Crippen LogP) is 6.08. The molecule has 0 saturated heterocycles. The second kappa shape index (κ2) is 10.7. The van der Waals surface area contributed by atoms with Crippen LogP contribution in [-0.2, 0) is 9.59 Å². The zero-order chi connectivity index (χ0) is 17.2. The molecule has 0 rings (SSSR count). The summed E-state index contributed by atoms with van der Waals surface area (Å²) in [4.78, 5) is 23.5. The van der Waals surface area contributed by atoms with E-state index in [0.717, 1.165) is 31.4 Å². The first kappa shape index (κ1) is 22.0. The van der Waals surface area contributed by atoms with Crippen LogP contribution in [0.3, 0.4) is 0 Å². The molecule has 0 unspecified atom stereocenters. The molecule has 2 nitrogen and oxygen atoms in total. The number of carbonyl (C=O) groups is 2. The summed E-state index contributed by atoms with van der Waals surface area (Å²) in [5.74, 6) is 1.64. The van der Waals surface area contributed by atoms with Crippen LogP contribution in [0, 0.1) is 5.41 Å². The molecule has 0 aromatic heterocycles. The standard InChI is InChI=1S/C18H34O2S2/c1-17(2,3)16(20)12-10-8-7-9-11-15(19)13-14-21-22-18(4,5)6/h7-14H2,1-6H3. The van der Waals surface area contributed by atoms with Crippen LogP contribution >= 0.6 is 21.6 Å². The van der Waals surface area contributed by atoms with Crippen LogP contribution in [0.1, 0.15) is 86.5 Å². The Balaban J connectivity index is 3.48. The van der Waals surface area contributed by atoms with Crippen molar-refractivity contribution in [2.75, 3.05) is 5.75 Å². The van der Waals surface area contributed by atoms with Crippen molar-refractivity contribution < 1.29 is 9.59 Å². The number of carbonyl (C=O) groups excluding carboxylic acids is 2. The van der Waals surface area contributed by atoms with Gasteiger partial charge in [0.05, 0.1) is 0 Å². The van der Waals surface area contributed by atoms with Gasteiger partial charge >= 0.3 is 0 Å². The second-order valence-corrected chi connectivity index (χ2v) is 11.1. The van der Waals surface area contributed by atoms with Crippen molar-refractivity contribution in [2.45, 2.75) is 91.2 Å². The van der Waals surface area contributed by atoms with Crippen molar-refractivity contribution in [3.63, 3.8) is 0 Å². The van der Waals surface area contributed by atoms with Gasteiger partial charge in [0.15, 0.2) is 0 Å². The molecule has 0 aliphatic heterocycles. The Morgan fingerprint density at radius 3 is 1.82 bits per heavy atom. The van der Waals surface area contributed by atoms with Crippen molar-refractivity contribution in [3.8, 4) is 0 Å². The Bertz CT molecular complexity index is 338. The monoisotopic (exact) mass is 346 g/mol. The number of hydrogen-bond donors (Lipinski definition) is 0. The van der Waals surface area contributed by atoms with Crippen molar-refractivity contribution in [1.29, 1.82) is 0 Å². The van der Waals surface area contributed by atoms with E-state index < -0.39 is 0 Å². The Morgan fingerprint density at radius 1 is 0.773 bits per heavy atom. The summed E-state index contributed by atoms with van der Waals surface area (Å²) in [7, 11) is 3.65. The van der Waals surface area contributed by atoms with E-state index in [1.165, 1.54) is 0 Å². The highest BCUT2D eigenvalue weighted by atomic mass is 33.1. The summed E-state index contributed by atoms with van der Waals surface area (Å²) in [6.45, 7) is 12.5. The molecule has 0 aromatic carbocycles. The minimum absolute atomic E-state index is 0.210. The van der Waals surface area contributed by atoms with Gasteiger partial charge in [-0.25, -0.2) is 0 Å². The summed E-state index contributed by atoms with van der Waals surface area (Å²) < 4.78 is 0.262. The zero-order valence-corrected chi connectivity index (χ0v) is 16.9. The molecule has 0 aliphatic rings. The van der Waals surface area contributed by atoms with E-state index in [4.69, 9.17) is 0 Å². The highest BCUT2D eigenvalue weighted by Crippen LogP contribution is 2.35. The Kier molecular flexibility index (Phi) is 10.8. The third-order valence-electron chi connectivity index (χ3n) is 3.22. The van der Waals surface area contributed by atoms with Gasteiger partial charge in [-0.05, 0) is 12.8 Å². The molecule has 0 radical (unpaired) electrons. The lowest BCUT2D eigenvalue weighted by atomic mass is 9.88. The number of ketones is 2. The normalized spacial score (nSPS) is 12.5. The van der Waals surface area contributed by atoms with Crippen LogP contribution in [0.25, 0.3) is 0 Å². The molecular formula is C18H34O2S2. The van der Waals surface area contributed by atoms with Crippen LogP contribution in [0.15, 0.2) is 0 Å². The summed E-state index contributed by atoms with van der Waals surface area (Å²) >= 11 is 0. The van der Waals surface area contributed by atoms with Gasteiger partial charge in [0.1, 0.15) is 11.6 Å². The van der Waals surface area contributed by atoms with Crippen LogP contribution in [0.5, 0.6) is 0 Å². The van der Waals surface area contributed by atoms with Crippen LogP contribution in [0.2, 0.25) is 0 Å². The fraction of sp³-hybridized carbons (Fsp3) is 0.889. The topological polar surface area (TPSA) is 34.1 Å². The molecule has 0 aromatic rings. The van der Waals surface area contributed by atoms with Crippen molar-refractivity contribution >= 4 is 33.2 Å². The maximum atomic E-state index is 11.8. The lowest BCUT2D eigenvalue weighted by Crippen LogP contribution is -2.19. The van der Waals surface area contributed by atoms with Gasteiger partial charge in [0, 0.05) is 35.2 Å². The van der Waals surface area contributed by atoms with Gasteiger partial charge in [-0.15, -0.1) is 0 Å². The maximum absolute atomic E-state index is 11.8. The number of unbranched alkanes of at least 4 members (excludes halogenated alkanes) is 3. The van der Waals surface area contributed by atoms with Crippen LogP contribution in [-0.4, -0.2) is 22.1 Å².